The molecule has 1 rings (SSSR count). The number of carbonyl (C=O) groups excluding carboxylic acids is 1. The molecule has 1 unspecified atom stereocenters. The van der Waals surface area contributed by atoms with Gasteiger partial charge in [0.05, 0.1) is 12.0 Å². The normalized spacial score (nSPS) is 22.2. The van der Waals surface area contributed by atoms with Crippen LogP contribution in [0.3, 0.4) is 0 Å². The van der Waals surface area contributed by atoms with Crippen molar-refractivity contribution in [1.29, 1.82) is 0 Å². The van der Waals surface area contributed by atoms with Gasteiger partial charge in [-0.1, -0.05) is 0 Å². The maximum absolute atomic E-state index is 10.9. The van der Waals surface area contributed by atoms with E-state index in [1.54, 1.807) is 4.90 Å². The molecule has 1 atom stereocenters. The van der Waals surface area contributed by atoms with E-state index in [0.29, 0.717) is 6.61 Å². The molecule has 10 heavy (non-hydrogen) atoms. The third-order valence-corrected chi connectivity index (χ3v) is 1.73. The highest BCUT2D eigenvalue weighted by molar-refractivity contribution is 7.80. The van der Waals surface area contributed by atoms with Crippen LogP contribution >= 0.6 is 12.6 Å². The minimum absolute atomic E-state index is 0.0344. The number of thiol groups is 1. The summed E-state index contributed by atoms with van der Waals surface area (Å²) in [4.78, 5) is 12.5. The molecule has 1 aliphatic heterocycles. The van der Waals surface area contributed by atoms with Crippen molar-refractivity contribution in [2.45, 2.75) is 18.7 Å². The fourth-order valence-corrected chi connectivity index (χ4v) is 1.12. The summed E-state index contributed by atoms with van der Waals surface area (Å²) in [5, 5.41) is -0.0344. The van der Waals surface area contributed by atoms with Crippen molar-refractivity contribution in [3.8, 4) is 0 Å². The Morgan fingerprint density at radius 3 is 2.90 bits per heavy atom. The van der Waals surface area contributed by atoms with Gasteiger partial charge in [0, 0.05) is 6.54 Å². The topological polar surface area (TPSA) is 29.5 Å². The van der Waals surface area contributed by atoms with Crippen molar-refractivity contribution in [3.05, 3.63) is 0 Å². The first-order valence-electron chi connectivity index (χ1n) is 3.33. The van der Waals surface area contributed by atoms with E-state index in [-0.39, 0.29) is 11.5 Å². The second kappa shape index (κ2) is 3.14. The van der Waals surface area contributed by atoms with Crippen molar-refractivity contribution in [2.75, 3.05) is 13.2 Å². The summed E-state index contributed by atoms with van der Waals surface area (Å²) in [6.07, 6.45) is 0.671. The number of hydrogen-bond acceptors (Lipinski definition) is 3. The van der Waals surface area contributed by atoms with Crippen molar-refractivity contribution in [2.24, 2.45) is 0 Å². The number of hydrogen-bond donors (Lipinski definition) is 1. The zero-order valence-corrected chi connectivity index (χ0v) is 6.80. The molecule has 0 aromatic heterocycles. The second-order valence-corrected chi connectivity index (χ2v) is 3.04. The largest absolute Gasteiger partial charge is 0.449 e. The third-order valence-electron chi connectivity index (χ3n) is 1.45. The SMILES string of the molecule is CC(S)N1CCCOC1=O. The molecule has 58 valence electrons. The molecule has 1 saturated heterocycles. The van der Waals surface area contributed by atoms with Gasteiger partial charge in [-0.2, -0.15) is 12.6 Å². The minimum Gasteiger partial charge on any atom is -0.449 e. The van der Waals surface area contributed by atoms with Gasteiger partial charge in [-0.25, -0.2) is 4.79 Å². The molecule has 3 nitrogen and oxygen atoms in total. The highest BCUT2D eigenvalue weighted by Gasteiger charge is 2.21. The number of rotatable bonds is 1. The first-order chi connectivity index (χ1) is 4.72. The molecular weight excluding hydrogens is 150 g/mol. The summed E-state index contributed by atoms with van der Waals surface area (Å²) in [7, 11) is 0. The molecule has 0 bridgehead atoms. The Morgan fingerprint density at radius 1 is 1.80 bits per heavy atom. The lowest BCUT2D eigenvalue weighted by Crippen LogP contribution is -2.41. The Kier molecular flexibility index (Phi) is 2.43. The predicted molar refractivity (Wildman–Crippen MR) is 41.1 cm³/mol. The van der Waals surface area contributed by atoms with E-state index in [4.69, 9.17) is 4.74 Å². The Hall–Kier alpha value is -0.380. The minimum atomic E-state index is -0.242. The van der Waals surface area contributed by atoms with Crippen LogP contribution in [-0.4, -0.2) is 29.5 Å². The molecular formula is C6H11NO2S. The van der Waals surface area contributed by atoms with Crippen LogP contribution in [0, 0.1) is 0 Å². The molecule has 4 heteroatoms. The molecule has 1 heterocycles. The summed E-state index contributed by atoms with van der Waals surface area (Å²) < 4.78 is 4.79. The first kappa shape index (κ1) is 7.72. The van der Waals surface area contributed by atoms with Gasteiger partial charge < -0.3 is 4.74 Å². The van der Waals surface area contributed by atoms with Crippen molar-refractivity contribution in [1.82, 2.24) is 4.90 Å². The van der Waals surface area contributed by atoms with Crippen LogP contribution < -0.4 is 0 Å². The van der Waals surface area contributed by atoms with E-state index in [1.165, 1.54) is 0 Å². The molecule has 0 spiro atoms. The van der Waals surface area contributed by atoms with Crippen molar-refractivity contribution < 1.29 is 9.53 Å². The summed E-state index contributed by atoms with van der Waals surface area (Å²) >= 11 is 4.13. The highest BCUT2D eigenvalue weighted by atomic mass is 32.1. The van der Waals surface area contributed by atoms with Crippen LogP contribution in [0.4, 0.5) is 4.79 Å². The van der Waals surface area contributed by atoms with Gasteiger partial charge in [-0.05, 0) is 13.3 Å². The second-order valence-electron chi connectivity index (χ2n) is 2.29. The Morgan fingerprint density at radius 2 is 2.50 bits per heavy atom. The molecule has 0 N–H and O–H groups in total. The van der Waals surface area contributed by atoms with Crippen LogP contribution in [0.25, 0.3) is 0 Å². The summed E-state index contributed by atoms with van der Waals surface area (Å²) in [6.45, 7) is 3.18. The molecule has 0 aromatic rings. The van der Waals surface area contributed by atoms with E-state index in [0.717, 1.165) is 13.0 Å². The van der Waals surface area contributed by atoms with Crippen molar-refractivity contribution in [3.63, 3.8) is 0 Å². The lowest BCUT2D eigenvalue weighted by molar-refractivity contribution is 0.0711. The maximum Gasteiger partial charge on any atom is 0.410 e. The first-order valence-corrected chi connectivity index (χ1v) is 3.85. The Bertz CT molecular complexity index is 138. The predicted octanol–water partition coefficient (Wildman–Crippen LogP) is 1.10. The zero-order valence-electron chi connectivity index (χ0n) is 5.91. The quantitative estimate of drug-likeness (QED) is 0.584. The van der Waals surface area contributed by atoms with E-state index in [1.807, 2.05) is 6.92 Å². The zero-order chi connectivity index (χ0) is 7.56. The van der Waals surface area contributed by atoms with E-state index >= 15 is 0 Å². The van der Waals surface area contributed by atoms with Gasteiger partial charge in [0.1, 0.15) is 0 Å². The molecule has 1 amide bonds. The number of amides is 1. The van der Waals surface area contributed by atoms with Crippen LogP contribution in [0.1, 0.15) is 13.3 Å². The molecule has 0 aromatic carbocycles. The number of cyclic esters (lactones) is 1. The lowest BCUT2D eigenvalue weighted by Gasteiger charge is -2.28. The summed E-state index contributed by atoms with van der Waals surface area (Å²) in [5.41, 5.74) is 0. The standard InChI is InChI=1S/C6H11NO2S/c1-5(10)7-3-2-4-9-6(7)8/h5,10H,2-4H2,1H3. The smallest absolute Gasteiger partial charge is 0.410 e. The third kappa shape index (κ3) is 1.56. The van der Waals surface area contributed by atoms with Crippen LogP contribution in [0.15, 0.2) is 0 Å². The average molecular weight is 161 g/mol. The van der Waals surface area contributed by atoms with Crippen LogP contribution in [0.2, 0.25) is 0 Å². The number of nitrogens with zero attached hydrogens (tertiary/aromatic N) is 1. The lowest BCUT2D eigenvalue weighted by atomic mass is 10.4. The van der Waals surface area contributed by atoms with E-state index in [2.05, 4.69) is 12.6 Å². The molecule has 1 fully saturated rings. The van der Waals surface area contributed by atoms with Gasteiger partial charge in [0.15, 0.2) is 0 Å². The number of carbonyl (C=O) groups is 1. The maximum atomic E-state index is 10.9. The van der Waals surface area contributed by atoms with Crippen LogP contribution in [-0.2, 0) is 4.74 Å². The number of ether oxygens (including phenoxy) is 1. The van der Waals surface area contributed by atoms with Gasteiger partial charge in [0.2, 0.25) is 0 Å². The highest BCUT2D eigenvalue weighted by Crippen LogP contribution is 2.10. The monoisotopic (exact) mass is 161 g/mol. The van der Waals surface area contributed by atoms with Gasteiger partial charge >= 0.3 is 6.09 Å². The molecule has 1 aliphatic rings. The van der Waals surface area contributed by atoms with E-state index in [9.17, 15) is 4.79 Å². The molecule has 0 radical (unpaired) electrons. The fourth-order valence-electron chi connectivity index (χ4n) is 0.908. The molecule has 0 saturated carbocycles. The van der Waals surface area contributed by atoms with Crippen LogP contribution in [0.5, 0.6) is 0 Å². The van der Waals surface area contributed by atoms with Crippen molar-refractivity contribution >= 4 is 18.7 Å². The average Bonchev–Trinajstić information content (AvgIpc) is 1.88. The van der Waals surface area contributed by atoms with Gasteiger partial charge in [0.25, 0.3) is 0 Å². The molecule has 0 aliphatic carbocycles. The fraction of sp³-hybridized carbons (Fsp3) is 0.833. The Balaban J connectivity index is 2.48. The summed E-state index contributed by atoms with van der Waals surface area (Å²) in [6, 6.07) is 0. The summed E-state index contributed by atoms with van der Waals surface area (Å²) in [5.74, 6) is 0. The van der Waals surface area contributed by atoms with Gasteiger partial charge in [-0.3, -0.25) is 4.90 Å². The Labute approximate surface area is 65.7 Å². The van der Waals surface area contributed by atoms with Gasteiger partial charge in [-0.15, -0.1) is 0 Å². The van der Waals surface area contributed by atoms with E-state index < -0.39 is 0 Å².